The molecule has 254 valence electrons. The summed E-state index contributed by atoms with van der Waals surface area (Å²) < 4.78 is 0. The molecule has 6 aromatic rings. The Hall–Kier alpha value is -4.17. The van der Waals surface area contributed by atoms with Gasteiger partial charge < -0.3 is 0 Å². The summed E-state index contributed by atoms with van der Waals surface area (Å²) in [5, 5.41) is 3.63. The van der Waals surface area contributed by atoms with E-state index in [1.54, 1.807) is 0 Å². The molecule has 6 rings (SSSR count). The fourth-order valence-electron chi connectivity index (χ4n) is 7.25. The van der Waals surface area contributed by atoms with Crippen molar-refractivity contribution >= 4 is 34.0 Å². The van der Waals surface area contributed by atoms with Crippen LogP contribution >= 0.6 is 11.1 Å². The largest absolute Gasteiger partial charge is 0.247 e. The van der Waals surface area contributed by atoms with Crippen molar-refractivity contribution in [1.29, 1.82) is 0 Å². The van der Waals surface area contributed by atoms with Gasteiger partial charge in [-0.05, 0) is 81.9 Å². The Balaban J connectivity index is 1.67. The van der Waals surface area contributed by atoms with E-state index in [0.717, 1.165) is 0 Å². The van der Waals surface area contributed by atoms with Gasteiger partial charge >= 0.3 is 0 Å². The van der Waals surface area contributed by atoms with Gasteiger partial charge in [0.05, 0.1) is 0 Å². The average molecular weight is 691 g/mol. The van der Waals surface area contributed by atoms with Crippen molar-refractivity contribution in [3.05, 3.63) is 162 Å². The summed E-state index contributed by atoms with van der Waals surface area (Å²) in [4.78, 5) is 0. The molecule has 0 nitrogen and oxygen atoms in total. The average Bonchev–Trinajstić information content (AvgIpc) is 3.10. The van der Waals surface area contributed by atoms with Gasteiger partial charge in [-0.15, -0.1) is 11.1 Å². The summed E-state index contributed by atoms with van der Waals surface area (Å²) >= 11 is 8.52. The van der Waals surface area contributed by atoms with Gasteiger partial charge in [0, 0.05) is 0 Å². The molecule has 0 aliphatic carbocycles. The summed E-state index contributed by atoms with van der Waals surface area (Å²) in [7, 11) is -3.11. The van der Waals surface area contributed by atoms with E-state index in [4.69, 9.17) is 11.1 Å². The van der Waals surface area contributed by atoms with Gasteiger partial charge in [0.25, 0.3) is 0 Å². The molecule has 6 aromatic carbocycles. The molecule has 0 atom stereocenters. The van der Waals surface area contributed by atoms with Crippen LogP contribution in [0.3, 0.4) is 0 Å². The molecule has 0 radical (unpaired) electrons. The highest BCUT2D eigenvalue weighted by atomic mass is 35.6. The van der Waals surface area contributed by atoms with Crippen molar-refractivity contribution in [3.63, 3.8) is 0 Å². The molecule has 50 heavy (non-hydrogen) atoms. The van der Waals surface area contributed by atoms with Crippen LogP contribution in [0, 0.1) is 0 Å². The van der Waals surface area contributed by atoms with Crippen LogP contribution in [-0.2, 0) is 16.2 Å². The summed E-state index contributed by atoms with van der Waals surface area (Å²) in [5.74, 6) is 0. The fraction of sp³-hybridized carbons (Fsp3) is 0.250. The van der Waals surface area contributed by atoms with Gasteiger partial charge in [-0.2, -0.15) is 0 Å². The molecule has 0 aliphatic heterocycles. The number of hydrogen-bond acceptors (Lipinski definition) is 0. The van der Waals surface area contributed by atoms with Crippen LogP contribution in [0.1, 0.15) is 79.0 Å². The maximum Gasteiger partial charge on any atom is 0.247 e. The number of rotatable bonds is 6. The van der Waals surface area contributed by atoms with Crippen LogP contribution < -0.4 is 15.6 Å². The number of halogens is 1. The second kappa shape index (κ2) is 13.5. The minimum Gasteiger partial charge on any atom is -0.149 e. The normalized spacial score (nSPS) is 12.6. The van der Waals surface area contributed by atoms with Gasteiger partial charge in [0.15, 0.2) is 0 Å². The van der Waals surface area contributed by atoms with Crippen molar-refractivity contribution in [2.45, 2.75) is 78.6 Å². The molecule has 0 bridgehead atoms. The lowest BCUT2D eigenvalue weighted by atomic mass is 9.82. The van der Waals surface area contributed by atoms with Crippen LogP contribution in [0.15, 0.2) is 146 Å². The first kappa shape index (κ1) is 35.6. The molecule has 0 fully saturated rings. The van der Waals surface area contributed by atoms with Crippen molar-refractivity contribution in [2.75, 3.05) is 0 Å². The lowest BCUT2D eigenvalue weighted by Gasteiger charge is -2.33. The van der Waals surface area contributed by atoms with Crippen molar-refractivity contribution in [2.24, 2.45) is 0 Å². The van der Waals surface area contributed by atoms with E-state index in [1.165, 1.54) is 65.6 Å². The molecule has 0 saturated carbocycles. The topological polar surface area (TPSA) is 0 Å². The fourth-order valence-corrected chi connectivity index (χ4v) is 11.3. The third-order valence-corrected chi connectivity index (χ3v) is 15.2. The molecule has 0 spiro atoms. The van der Waals surface area contributed by atoms with Gasteiger partial charge in [0.2, 0.25) is 7.38 Å². The lowest BCUT2D eigenvalue weighted by molar-refractivity contribution is 0.592. The Kier molecular flexibility index (Phi) is 9.63. The molecule has 0 aliphatic rings. The minimum atomic E-state index is -3.11. The second-order valence-corrected chi connectivity index (χ2v) is 21.5. The van der Waals surface area contributed by atoms with Gasteiger partial charge in [-0.25, -0.2) is 0 Å². The summed E-state index contributed by atoms with van der Waals surface area (Å²) in [6.07, 6.45) is 0. The lowest BCUT2D eigenvalue weighted by Crippen LogP contribution is -2.63. The highest BCUT2D eigenvalue weighted by Gasteiger charge is 2.41. The zero-order valence-electron chi connectivity index (χ0n) is 31.2. The molecule has 0 N–H and O–H groups in total. The number of benzene rings is 6. The maximum absolute atomic E-state index is 8.52. The first-order valence-electron chi connectivity index (χ1n) is 17.9. The van der Waals surface area contributed by atoms with Crippen molar-refractivity contribution in [3.8, 4) is 33.4 Å². The molecule has 0 heterocycles. The van der Waals surface area contributed by atoms with E-state index in [0.29, 0.717) is 0 Å². The Labute approximate surface area is 306 Å². The summed E-state index contributed by atoms with van der Waals surface area (Å²) in [5.41, 5.74) is 11.2. The van der Waals surface area contributed by atoms with E-state index >= 15 is 0 Å². The SMILES string of the molecule is CC(C)(C)c1cc([Si](Cl)(c2ccc(-c3ccccc3)c(C(C)(C)C)c2)c2ccc(-c3ccccc3)c(C(C)(C)C)c2)ccc1-c1ccccc1. The molecule has 0 amide bonds. The van der Waals surface area contributed by atoms with E-state index in [-0.39, 0.29) is 16.2 Å². The van der Waals surface area contributed by atoms with Crippen molar-refractivity contribution in [1.82, 2.24) is 0 Å². The van der Waals surface area contributed by atoms with E-state index in [2.05, 4.69) is 208 Å². The van der Waals surface area contributed by atoms with E-state index < -0.39 is 7.38 Å². The maximum atomic E-state index is 8.52. The quantitative estimate of drug-likeness (QED) is 0.0927. The van der Waals surface area contributed by atoms with Crippen LogP contribution in [-0.4, -0.2) is 7.38 Å². The molecular weight excluding hydrogens is 640 g/mol. The first-order valence-corrected chi connectivity index (χ1v) is 20.9. The van der Waals surface area contributed by atoms with Crippen LogP contribution in [0.2, 0.25) is 0 Å². The minimum absolute atomic E-state index is 0.0884. The monoisotopic (exact) mass is 690 g/mol. The summed E-state index contributed by atoms with van der Waals surface area (Å²) in [6.45, 7) is 20.8. The highest BCUT2D eigenvalue weighted by molar-refractivity contribution is 7.40. The smallest absolute Gasteiger partial charge is 0.149 e. The van der Waals surface area contributed by atoms with E-state index in [9.17, 15) is 0 Å². The molecule has 2 heteroatoms. The van der Waals surface area contributed by atoms with Gasteiger partial charge in [-0.1, -0.05) is 208 Å². The third-order valence-electron chi connectivity index (χ3n) is 9.93. The first-order chi connectivity index (χ1) is 23.6. The van der Waals surface area contributed by atoms with E-state index in [1.807, 2.05) is 0 Å². The molecule has 0 unspecified atom stereocenters. The van der Waals surface area contributed by atoms with Crippen molar-refractivity contribution < 1.29 is 0 Å². The van der Waals surface area contributed by atoms with Gasteiger partial charge in [0.1, 0.15) is 0 Å². The standard InChI is InChI=1S/C48H51ClSi/c1-46(2,3)43-31-37(25-28-40(43)34-19-13-10-14-20-34)50(49,38-26-29-41(35-21-15-11-16-22-35)44(32-38)47(4,5)6)39-27-30-42(36-23-17-12-18-24-36)45(33-39)48(7,8)9/h10-33H,1-9H3. The van der Waals surface area contributed by atoms with Crippen LogP contribution in [0.4, 0.5) is 0 Å². The molecule has 0 aromatic heterocycles. The highest BCUT2D eigenvalue weighted by Crippen LogP contribution is 2.37. The zero-order valence-corrected chi connectivity index (χ0v) is 33.0. The Morgan fingerprint density at radius 3 is 0.800 bits per heavy atom. The molecule has 0 saturated heterocycles. The summed E-state index contributed by atoms with van der Waals surface area (Å²) in [6, 6.07) is 53.5. The van der Waals surface area contributed by atoms with Crippen LogP contribution in [0.5, 0.6) is 0 Å². The Morgan fingerprint density at radius 1 is 0.340 bits per heavy atom. The Bertz CT molecular complexity index is 1850. The predicted octanol–water partition coefficient (Wildman–Crippen LogP) is 11.8. The van der Waals surface area contributed by atoms with Gasteiger partial charge in [-0.3, -0.25) is 0 Å². The van der Waals surface area contributed by atoms with Crippen LogP contribution in [0.25, 0.3) is 33.4 Å². The number of hydrogen-bond donors (Lipinski definition) is 0. The third kappa shape index (κ3) is 7.04. The zero-order chi connectivity index (χ0) is 35.9. The molecular formula is C48H51ClSi. The second-order valence-electron chi connectivity index (χ2n) is 16.8. The Morgan fingerprint density at radius 2 is 0.580 bits per heavy atom. The predicted molar refractivity (Wildman–Crippen MR) is 222 cm³/mol.